The summed E-state index contributed by atoms with van der Waals surface area (Å²) in [5.74, 6) is 0. The van der Waals surface area contributed by atoms with Gasteiger partial charge in [-0.2, -0.15) is 11.3 Å². The van der Waals surface area contributed by atoms with E-state index in [0.29, 0.717) is 0 Å². The van der Waals surface area contributed by atoms with Crippen LogP contribution in [0, 0.1) is 6.92 Å². The first-order valence-electron chi connectivity index (χ1n) is 1.74. The van der Waals surface area contributed by atoms with Gasteiger partial charge in [-0.3, -0.25) is 0 Å². The van der Waals surface area contributed by atoms with Crippen molar-refractivity contribution in [1.29, 1.82) is 0 Å². The Labute approximate surface area is 47.6 Å². The molecule has 0 bridgehead atoms. The fraction of sp³-hybridized carbons (Fsp3) is 0. The van der Waals surface area contributed by atoms with Crippen LogP contribution in [0.1, 0.15) is 5.56 Å². The molecule has 0 atom stereocenters. The van der Waals surface area contributed by atoms with Crippen LogP contribution in [0.25, 0.3) is 0 Å². The van der Waals surface area contributed by atoms with Crippen LogP contribution < -0.4 is 6.15 Å². The minimum absolute atomic E-state index is 0. The van der Waals surface area contributed by atoms with Gasteiger partial charge in [-0.15, -0.1) is 0 Å². The van der Waals surface area contributed by atoms with E-state index in [4.69, 9.17) is 0 Å². The van der Waals surface area contributed by atoms with Crippen LogP contribution in [0.15, 0.2) is 16.8 Å². The van der Waals surface area contributed by atoms with E-state index < -0.39 is 0 Å². The van der Waals surface area contributed by atoms with Crippen LogP contribution >= 0.6 is 11.3 Å². The van der Waals surface area contributed by atoms with Gasteiger partial charge in [0.15, 0.2) is 0 Å². The van der Waals surface area contributed by atoms with Gasteiger partial charge in [0.1, 0.15) is 0 Å². The third-order valence-corrected chi connectivity index (χ3v) is 1.31. The van der Waals surface area contributed by atoms with Crippen LogP contribution in [-0.4, -0.2) is 0 Å². The Kier molecular flexibility index (Phi) is 2.64. The highest BCUT2D eigenvalue weighted by molar-refractivity contribution is 7.08. The van der Waals surface area contributed by atoms with Crippen LogP contribution in [0.4, 0.5) is 0 Å². The molecule has 2 heteroatoms. The average molecular weight is 114 g/mol. The first-order valence-corrected chi connectivity index (χ1v) is 2.68. The lowest BCUT2D eigenvalue weighted by molar-refractivity contribution is 1.80. The zero-order valence-electron chi connectivity index (χ0n) is 4.05. The van der Waals surface area contributed by atoms with E-state index in [9.17, 15) is 0 Å². The highest BCUT2D eigenvalue weighted by Gasteiger charge is 1.74. The second-order valence-corrected chi connectivity index (χ2v) is 1.91. The Morgan fingerprint density at radius 1 is 1.57 bits per heavy atom. The largest absolute Gasteiger partial charge is 0.344 e. The minimum Gasteiger partial charge on any atom is -0.344 e. The molecule has 0 aliphatic carbocycles. The van der Waals surface area contributed by atoms with Gasteiger partial charge in [0.25, 0.3) is 0 Å². The van der Waals surface area contributed by atoms with Gasteiger partial charge in [0.2, 0.25) is 0 Å². The van der Waals surface area contributed by atoms with Gasteiger partial charge in [-0.1, -0.05) is 0 Å². The highest BCUT2D eigenvalue weighted by Crippen LogP contribution is 2.01. The van der Waals surface area contributed by atoms with Crippen molar-refractivity contribution in [3.8, 4) is 0 Å². The molecule has 0 saturated heterocycles. The Morgan fingerprint density at radius 2 is 2.29 bits per heavy atom. The molecule has 1 radical (unpaired) electrons. The summed E-state index contributed by atoms with van der Waals surface area (Å²) in [7, 11) is 0. The molecular weight excluding hydrogens is 106 g/mol. The van der Waals surface area contributed by atoms with E-state index in [1.807, 2.05) is 16.8 Å². The maximum Gasteiger partial charge on any atom is -0.00611 e. The Hall–Kier alpha value is -0.340. The fourth-order valence-corrected chi connectivity index (χ4v) is 0.878. The molecule has 0 saturated carbocycles. The maximum atomic E-state index is 3.69. The van der Waals surface area contributed by atoms with Gasteiger partial charge in [0.05, 0.1) is 0 Å². The maximum absolute atomic E-state index is 3.69. The molecule has 7 heavy (non-hydrogen) atoms. The van der Waals surface area contributed by atoms with Gasteiger partial charge in [-0.05, 0) is 29.3 Å². The molecule has 0 fully saturated rings. The molecule has 0 aliphatic heterocycles. The molecule has 0 aliphatic rings. The van der Waals surface area contributed by atoms with Crippen molar-refractivity contribution in [2.45, 2.75) is 0 Å². The lowest BCUT2D eigenvalue weighted by Gasteiger charge is -1.65. The molecule has 3 N–H and O–H groups in total. The van der Waals surface area contributed by atoms with Gasteiger partial charge in [-0.25, -0.2) is 0 Å². The topological polar surface area (TPSA) is 35.0 Å². The molecular formula is C5H8NS. The summed E-state index contributed by atoms with van der Waals surface area (Å²) < 4.78 is 0. The van der Waals surface area contributed by atoms with Gasteiger partial charge in [0, 0.05) is 0 Å². The van der Waals surface area contributed by atoms with E-state index in [2.05, 4.69) is 6.92 Å². The van der Waals surface area contributed by atoms with E-state index in [1.165, 1.54) is 0 Å². The van der Waals surface area contributed by atoms with Crippen LogP contribution in [0.2, 0.25) is 0 Å². The van der Waals surface area contributed by atoms with Gasteiger partial charge >= 0.3 is 0 Å². The second-order valence-electron chi connectivity index (χ2n) is 1.13. The third kappa shape index (κ3) is 1.71. The summed E-state index contributed by atoms with van der Waals surface area (Å²) in [6.45, 7) is 3.69. The standard InChI is InChI=1S/C5H5S.H3N/c1-5-2-3-6-4-5;/h2-4H,1H2;1H3. The molecule has 1 aromatic rings. The molecule has 0 spiro atoms. The van der Waals surface area contributed by atoms with Crippen molar-refractivity contribution in [2.24, 2.45) is 0 Å². The van der Waals surface area contributed by atoms with E-state index >= 15 is 0 Å². The Bertz CT molecular complexity index is 112. The molecule has 1 aromatic heterocycles. The molecule has 39 valence electrons. The predicted octanol–water partition coefficient (Wildman–Crippen LogP) is 2.09. The first kappa shape index (κ1) is 6.66. The third-order valence-electron chi connectivity index (χ3n) is 0.580. The Morgan fingerprint density at radius 3 is 2.43 bits per heavy atom. The van der Waals surface area contributed by atoms with Crippen molar-refractivity contribution in [2.75, 3.05) is 0 Å². The van der Waals surface area contributed by atoms with Crippen LogP contribution in [-0.2, 0) is 0 Å². The molecule has 1 rings (SSSR count). The number of rotatable bonds is 0. The summed E-state index contributed by atoms with van der Waals surface area (Å²) in [5.41, 5.74) is 1.11. The average Bonchev–Trinajstić information content (AvgIpc) is 1.86. The molecule has 0 unspecified atom stereocenters. The van der Waals surface area contributed by atoms with Crippen LogP contribution in [0.3, 0.4) is 0 Å². The molecule has 1 nitrogen and oxygen atoms in total. The number of thiophene rings is 1. The number of hydrogen-bond acceptors (Lipinski definition) is 2. The minimum atomic E-state index is 0. The zero-order chi connectivity index (χ0) is 4.41. The highest BCUT2D eigenvalue weighted by atomic mass is 32.1. The summed E-state index contributed by atoms with van der Waals surface area (Å²) in [5, 5.41) is 4.03. The SMILES string of the molecule is N.[CH2]c1ccsc1. The summed E-state index contributed by atoms with van der Waals surface area (Å²) in [4.78, 5) is 0. The molecule has 0 amide bonds. The second kappa shape index (κ2) is 2.77. The summed E-state index contributed by atoms with van der Waals surface area (Å²) in [6.07, 6.45) is 0. The lowest BCUT2D eigenvalue weighted by atomic mass is 10.4. The van der Waals surface area contributed by atoms with Crippen molar-refractivity contribution < 1.29 is 0 Å². The quantitative estimate of drug-likeness (QED) is 0.550. The lowest BCUT2D eigenvalue weighted by Crippen LogP contribution is -1.47. The molecule has 0 aromatic carbocycles. The van der Waals surface area contributed by atoms with E-state index in [0.717, 1.165) is 5.56 Å². The first-order chi connectivity index (χ1) is 2.89. The normalized spacial score (nSPS) is 7.57. The predicted molar refractivity (Wildman–Crippen MR) is 33.8 cm³/mol. The van der Waals surface area contributed by atoms with Crippen molar-refractivity contribution in [3.05, 3.63) is 29.3 Å². The fourth-order valence-electron chi connectivity index (χ4n) is 0.293. The van der Waals surface area contributed by atoms with Gasteiger partial charge < -0.3 is 6.15 Å². The van der Waals surface area contributed by atoms with Crippen molar-refractivity contribution >= 4 is 11.3 Å². The van der Waals surface area contributed by atoms with Crippen LogP contribution in [0.5, 0.6) is 0 Å². The van der Waals surface area contributed by atoms with E-state index in [-0.39, 0.29) is 6.15 Å². The zero-order valence-corrected chi connectivity index (χ0v) is 4.87. The van der Waals surface area contributed by atoms with Crippen molar-refractivity contribution in [3.63, 3.8) is 0 Å². The van der Waals surface area contributed by atoms with Crippen molar-refractivity contribution in [1.82, 2.24) is 6.15 Å². The smallest absolute Gasteiger partial charge is 0.00611 e. The van der Waals surface area contributed by atoms with E-state index in [1.54, 1.807) is 11.3 Å². The molecule has 1 heterocycles. The monoisotopic (exact) mass is 114 g/mol. The Balaban J connectivity index is 0.000000360. The number of hydrogen-bond donors (Lipinski definition) is 1. The summed E-state index contributed by atoms with van der Waals surface area (Å²) in [6, 6.07) is 1.99. The summed E-state index contributed by atoms with van der Waals surface area (Å²) >= 11 is 1.68.